The maximum Gasteiger partial charge on any atom is 0.319 e. The molecule has 0 aromatic carbocycles. The number of nitrogens with zero attached hydrogens (tertiary/aromatic N) is 3. The van der Waals surface area contributed by atoms with Crippen LogP contribution in [0.2, 0.25) is 0 Å². The molecule has 0 aliphatic rings. The fraction of sp³-hybridized carbons (Fsp3) is 0.571. The molecule has 0 radical (unpaired) electrons. The fourth-order valence-electron chi connectivity index (χ4n) is 0.760. The van der Waals surface area contributed by atoms with E-state index in [0.717, 1.165) is 12.2 Å². The van der Waals surface area contributed by atoms with Crippen LogP contribution in [-0.2, 0) is 6.42 Å². The standard InChI is InChI=1S/C7H11N3O/c1-4-6-8-5(2)9-7(10-6)11-3/h4H2,1-3H3. The zero-order valence-corrected chi connectivity index (χ0v) is 6.96. The SMILES string of the molecule is CCc1nc(C)nc(OC)n1. The summed E-state index contributed by atoms with van der Waals surface area (Å²) in [6.07, 6.45) is 0.805. The lowest BCUT2D eigenvalue weighted by molar-refractivity contribution is 0.374. The van der Waals surface area contributed by atoms with Crippen molar-refractivity contribution in [1.82, 2.24) is 15.0 Å². The number of ether oxygens (including phenoxy) is 1. The molecule has 0 saturated heterocycles. The van der Waals surface area contributed by atoms with Gasteiger partial charge in [0, 0.05) is 6.42 Å². The van der Waals surface area contributed by atoms with Gasteiger partial charge in [-0.15, -0.1) is 0 Å². The lowest BCUT2D eigenvalue weighted by Crippen LogP contribution is -2.01. The maximum absolute atomic E-state index is 4.88. The van der Waals surface area contributed by atoms with Crippen molar-refractivity contribution in [3.63, 3.8) is 0 Å². The largest absolute Gasteiger partial charge is 0.467 e. The molecule has 11 heavy (non-hydrogen) atoms. The molecule has 1 aromatic heterocycles. The van der Waals surface area contributed by atoms with Gasteiger partial charge >= 0.3 is 6.01 Å². The molecule has 60 valence electrons. The normalized spacial score (nSPS) is 9.73. The molecule has 0 unspecified atom stereocenters. The highest BCUT2D eigenvalue weighted by atomic mass is 16.5. The zero-order chi connectivity index (χ0) is 8.27. The molecule has 1 heterocycles. The molecule has 1 rings (SSSR count). The second-order valence-electron chi connectivity index (χ2n) is 2.14. The number of aryl methyl sites for hydroxylation is 2. The van der Waals surface area contributed by atoms with Crippen molar-refractivity contribution in [1.29, 1.82) is 0 Å². The minimum Gasteiger partial charge on any atom is -0.467 e. The highest BCUT2D eigenvalue weighted by molar-refractivity contribution is 4.99. The Balaban J connectivity index is 3.02. The molecule has 1 aromatic rings. The quantitative estimate of drug-likeness (QED) is 0.629. The van der Waals surface area contributed by atoms with Gasteiger partial charge in [0.05, 0.1) is 7.11 Å². The zero-order valence-electron chi connectivity index (χ0n) is 6.96. The van der Waals surface area contributed by atoms with E-state index in [9.17, 15) is 0 Å². The van der Waals surface area contributed by atoms with Crippen LogP contribution in [0.3, 0.4) is 0 Å². The number of rotatable bonds is 2. The Labute approximate surface area is 65.7 Å². The van der Waals surface area contributed by atoms with Crippen molar-refractivity contribution < 1.29 is 4.74 Å². The van der Waals surface area contributed by atoms with Gasteiger partial charge < -0.3 is 4.74 Å². The molecule has 0 fully saturated rings. The topological polar surface area (TPSA) is 47.9 Å². The summed E-state index contributed by atoms with van der Waals surface area (Å²) in [6.45, 7) is 3.82. The van der Waals surface area contributed by atoms with Gasteiger partial charge in [0.15, 0.2) is 0 Å². The van der Waals surface area contributed by atoms with Crippen LogP contribution in [-0.4, -0.2) is 22.1 Å². The van der Waals surface area contributed by atoms with Crippen LogP contribution in [0.15, 0.2) is 0 Å². The predicted octanol–water partition coefficient (Wildman–Crippen LogP) is 0.751. The Morgan fingerprint density at radius 3 is 2.55 bits per heavy atom. The summed E-state index contributed by atoms with van der Waals surface area (Å²) in [4.78, 5) is 12.1. The predicted molar refractivity (Wildman–Crippen MR) is 40.5 cm³/mol. The van der Waals surface area contributed by atoms with Crippen LogP contribution in [0, 0.1) is 6.92 Å². The van der Waals surface area contributed by atoms with Gasteiger partial charge in [0.25, 0.3) is 0 Å². The van der Waals surface area contributed by atoms with E-state index in [0.29, 0.717) is 11.8 Å². The molecule has 4 heteroatoms. The molecule has 0 N–H and O–H groups in total. The lowest BCUT2D eigenvalue weighted by atomic mass is 10.4. The minimum absolute atomic E-state index is 0.398. The first-order valence-electron chi connectivity index (χ1n) is 3.51. The van der Waals surface area contributed by atoms with Crippen LogP contribution in [0.25, 0.3) is 0 Å². The molecule has 0 aliphatic carbocycles. The minimum atomic E-state index is 0.398. The molecule has 4 nitrogen and oxygen atoms in total. The van der Waals surface area contributed by atoms with Crippen molar-refractivity contribution in [3.8, 4) is 6.01 Å². The van der Waals surface area contributed by atoms with E-state index in [1.807, 2.05) is 13.8 Å². The van der Waals surface area contributed by atoms with Crippen molar-refractivity contribution in [2.45, 2.75) is 20.3 Å². The maximum atomic E-state index is 4.88. The van der Waals surface area contributed by atoms with Gasteiger partial charge in [-0.2, -0.15) is 9.97 Å². The number of hydrogen-bond donors (Lipinski definition) is 0. The molecule has 0 spiro atoms. The molecular formula is C7H11N3O. The molecule has 0 bridgehead atoms. The number of aromatic nitrogens is 3. The van der Waals surface area contributed by atoms with Gasteiger partial charge in [-0.1, -0.05) is 6.92 Å². The lowest BCUT2D eigenvalue weighted by Gasteiger charge is -2.00. The van der Waals surface area contributed by atoms with Crippen LogP contribution in [0.5, 0.6) is 6.01 Å². The van der Waals surface area contributed by atoms with Gasteiger partial charge in [-0.05, 0) is 6.92 Å². The van der Waals surface area contributed by atoms with Crippen molar-refractivity contribution in [2.75, 3.05) is 7.11 Å². The monoisotopic (exact) mass is 153 g/mol. The third-order valence-corrected chi connectivity index (χ3v) is 1.27. The first-order chi connectivity index (χ1) is 5.26. The van der Waals surface area contributed by atoms with Gasteiger partial charge in [0.1, 0.15) is 11.6 Å². The number of methoxy groups -OCH3 is 1. The second kappa shape index (κ2) is 3.27. The average Bonchev–Trinajstić information content (AvgIpc) is 2.03. The molecule has 0 aliphatic heterocycles. The molecule has 0 amide bonds. The smallest absolute Gasteiger partial charge is 0.319 e. The van der Waals surface area contributed by atoms with E-state index in [-0.39, 0.29) is 0 Å². The summed E-state index contributed by atoms with van der Waals surface area (Å²) >= 11 is 0. The molecular weight excluding hydrogens is 142 g/mol. The molecule has 0 saturated carbocycles. The van der Waals surface area contributed by atoms with E-state index < -0.39 is 0 Å². The third-order valence-electron chi connectivity index (χ3n) is 1.27. The van der Waals surface area contributed by atoms with Crippen LogP contribution < -0.4 is 4.74 Å². The van der Waals surface area contributed by atoms with E-state index in [1.165, 1.54) is 0 Å². The molecule has 0 atom stereocenters. The van der Waals surface area contributed by atoms with E-state index in [4.69, 9.17) is 4.74 Å². The Morgan fingerprint density at radius 1 is 1.27 bits per heavy atom. The third kappa shape index (κ3) is 1.86. The first-order valence-corrected chi connectivity index (χ1v) is 3.51. The van der Waals surface area contributed by atoms with Crippen molar-refractivity contribution in [2.24, 2.45) is 0 Å². The van der Waals surface area contributed by atoms with E-state index >= 15 is 0 Å². The van der Waals surface area contributed by atoms with Crippen LogP contribution in [0.1, 0.15) is 18.6 Å². The summed E-state index contributed by atoms with van der Waals surface area (Å²) in [7, 11) is 1.55. The Kier molecular flexibility index (Phi) is 2.36. The highest BCUT2D eigenvalue weighted by Crippen LogP contribution is 2.01. The summed E-state index contributed by atoms with van der Waals surface area (Å²) < 4.78 is 4.88. The van der Waals surface area contributed by atoms with E-state index in [2.05, 4.69) is 15.0 Å². The summed E-state index contributed by atoms with van der Waals surface area (Å²) in [5.41, 5.74) is 0. The highest BCUT2D eigenvalue weighted by Gasteiger charge is 2.00. The average molecular weight is 153 g/mol. The Morgan fingerprint density at radius 2 is 2.00 bits per heavy atom. The fourth-order valence-corrected chi connectivity index (χ4v) is 0.760. The van der Waals surface area contributed by atoms with Gasteiger partial charge in [-0.25, -0.2) is 4.98 Å². The summed E-state index contributed by atoms with van der Waals surface area (Å²) in [5.74, 6) is 1.48. The Bertz CT molecular complexity index is 227. The number of hydrogen-bond acceptors (Lipinski definition) is 4. The summed E-state index contributed by atoms with van der Waals surface area (Å²) in [6, 6.07) is 0.398. The van der Waals surface area contributed by atoms with Crippen LogP contribution in [0.4, 0.5) is 0 Å². The summed E-state index contributed by atoms with van der Waals surface area (Å²) in [5, 5.41) is 0. The van der Waals surface area contributed by atoms with Crippen molar-refractivity contribution >= 4 is 0 Å². The van der Waals surface area contributed by atoms with Gasteiger partial charge in [-0.3, -0.25) is 0 Å². The van der Waals surface area contributed by atoms with Crippen LogP contribution >= 0.6 is 0 Å². The van der Waals surface area contributed by atoms with E-state index in [1.54, 1.807) is 7.11 Å². The Hall–Kier alpha value is -1.19. The van der Waals surface area contributed by atoms with Crippen molar-refractivity contribution in [3.05, 3.63) is 11.6 Å². The first kappa shape index (κ1) is 7.91. The van der Waals surface area contributed by atoms with Gasteiger partial charge in [0.2, 0.25) is 0 Å². The second-order valence-corrected chi connectivity index (χ2v) is 2.14.